The molecule has 3 aromatic rings. The summed E-state index contributed by atoms with van der Waals surface area (Å²) in [5.74, 6) is 0.875. The van der Waals surface area contributed by atoms with Gasteiger partial charge in [0.15, 0.2) is 10.2 Å². The van der Waals surface area contributed by atoms with Crippen LogP contribution >= 0.6 is 34.9 Å². The van der Waals surface area contributed by atoms with Crippen molar-refractivity contribution >= 4 is 46.5 Å². The molecule has 0 aliphatic heterocycles. The van der Waals surface area contributed by atoms with Crippen LogP contribution in [0.3, 0.4) is 0 Å². The SMILES string of the molecule is Cc1ccccc1-c1nsc(SCC(=O)Nc2cccc(Cl)c2)n1. The van der Waals surface area contributed by atoms with Crippen molar-refractivity contribution in [3.8, 4) is 11.4 Å². The van der Waals surface area contributed by atoms with Crippen LogP contribution in [0.15, 0.2) is 52.9 Å². The molecule has 4 nitrogen and oxygen atoms in total. The number of thioether (sulfide) groups is 1. The van der Waals surface area contributed by atoms with Gasteiger partial charge in [0, 0.05) is 16.3 Å². The Bertz CT molecular complexity index is 866. The van der Waals surface area contributed by atoms with E-state index >= 15 is 0 Å². The minimum Gasteiger partial charge on any atom is -0.325 e. The van der Waals surface area contributed by atoms with Gasteiger partial charge in [0.25, 0.3) is 0 Å². The maximum Gasteiger partial charge on any atom is 0.234 e. The van der Waals surface area contributed by atoms with Gasteiger partial charge in [0.2, 0.25) is 5.91 Å². The zero-order valence-electron chi connectivity index (χ0n) is 12.8. The van der Waals surface area contributed by atoms with Crippen LogP contribution in [0.2, 0.25) is 5.02 Å². The van der Waals surface area contributed by atoms with E-state index in [0.29, 0.717) is 16.5 Å². The molecule has 3 rings (SSSR count). The Balaban J connectivity index is 1.59. The van der Waals surface area contributed by atoms with Gasteiger partial charge in [0.1, 0.15) is 0 Å². The molecule has 0 saturated carbocycles. The summed E-state index contributed by atoms with van der Waals surface area (Å²) in [7, 11) is 0. The average molecular weight is 376 g/mol. The van der Waals surface area contributed by atoms with Crippen molar-refractivity contribution in [3.05, 3.63) is 59.1 Å². The van der Waals surface area contributed by atoms with Gasteiger partial charge < -0.3 is 5.32 Å². The van der Waals surface area contributed by atoms with E-state index in [0.717, 1.165) is 15.5 Å². The van der Waals surface area contributed by atoms with Gasteiger partial charge in [-0.15, -0.1) is 0 Å². The first kappa shape index (κ1) is 17.0. The maximum atomic E-state index is 12.0. The second-order valence-corrected chi connectivity index (χ2v) is 7.46. The lowest BCUT2D eigenvalue weighted by molar-refractivity contribution is -0.113. The molecule has 0 unspecified atom stereocenters. The molecular formula is C17H14ClN3OS2. The summed E-state index contributed by atoms with van der Waals surface area (Å²) in [6.07, 6.45) is 0. The van der Waals surface area contributed by atoms with Gasteiger partial charge >= 0.3 is 0 Å². The zero-order valence-corrected chi connectivity index (χ0v) is 15.2. The Morgan fingerprint density at radius 3 is 2.88 bits per heavy atom. The number of nitrogens with one attached hydrogen (secondary N) is 1. The molecule has 1 aromatic heterocycles. The summed E-state index contributed by atoms with van der Waals surface area (Å²) in [5, 5.41) is 3.40. The predicted molar refractivity (Wildman–Crippen MR) is 101 cm³/mol. The van der Waals surface area contributed by atoms with Crippen LogP contribution < -0.4 is 5.32 Å². The summed E-state index contributed by atoms with van der Waals surface area (Å²) >= 11 is 8.58. The molecule has 24 heavy (non-hydrogen) atoms. The van der Waals surface area contributed by atoms with E-state index in [4.69, 9.17) is 11.6 Å². The minimum absolute atomic E-state index is 0.102. The molecule has 0 radical (unpaired) electrons. The van der Waals surface area contributed by atoms with E-state index in [9.17, 15) is 4.79 Å². The third-order valence-electron chi connectivity index (χ3n) is 3.23. The predicted octanol–water partition coefficient (Wildman–Crippen LogP) is 4.90. The van der Waals surface area contributed by atoms with Gasteiger partial charge in [-0.3, -0.25) is 4.79 Å². The molecular weight excluding hydrogens is 362 g/mol. The number of carbonyl (C=O) groups is 1. The van der Waals surface area contributed by atoms with Crippen LogP contribution in [0.1, 0.15) is 5.56 Å². The molecule has 7 heteroatoms. The summed E-state index contributed by atoms with van der Waals surface area (Å²) in [6, 6.07) is 15.1. The molecule has 1 N–H and O–H groups in total. The highest BCUT2D eigenvalue weighted by molar-refractivity contribution is 8.01. The molecule has 0 bridgehead atoms. The molecule has 122 valence electrons. The van der Waals surface area contributed by atoms with Crippen molar-refractivity contribution < 1.29 is 4.79 Å². The minimum atomic E-state index is -0.102. The number of aryl methyl sites for hydroxylation is 1. The fourth-order valence-electron chi connectivity index (χ4n) is 2.09. The first-order chi connectivity index (χ1) is 11.6. The molecule has 2 aromatic carbocycles. The Hall–Kier alpha value is -1.89. The molecule has 1 heterocycles. The number of nitrogens with zero attached hydrogens (tertiary/aromatic N) is 2. The first-order valence-corrected chi connectivity index (χ1v) is 9.33. The monoisotopic (exact) mass is 375 g/mol. The van der Waals surface area contributed by atoms with Crippen LogP contribution in [0, 0.1) is 6.92 Å². The largest absolute Gasteiger partial charge is 0.325 e. The fourth-order valence-corrected chi connectivity index (χ4v) is 3.69. The number of halogens is 1. The summed E-state index contributed by atoms with van der Waals surface area (Å²) in [5.41, 5.74) is 2.83. The van der Waals surface area contributed by atoms with Crippen molar-refractivity contribution in [3.63, 3.8) is 0 Å². The fraction of sp³-hybridized carbons (Fsp3) is 0.118. The van der Waals surface area contributed by atoms with Crippen LogP contribution in [0.25, 0.3) is 11.4 Å². The summed E-state index contributed by atoms with van der Waals surface area (Å²) in [4.78, 5) is 16.5. The molecule has 0 aliphatic carbocycles. The summed E-state index contributed by atoms with van der Waals surface area (Å²) < 4.78 is 5.15. The van der Waals surface area contributed by atoms with Crippen LogP contribution in [0.5, 0.6) is 0 Å². The molecule has 0 aliphatic rings. The van der Waals surface area contributed by atoms with E-state index < -0.39 is 0 Å². The lowest BCUT2D eigenvalue weighted by atomic mass is 10.1. The summed E-state index contributed by atoms with van der Waals surface area (Å²) in [6.45, 7) is 2.03. The topological polar surface area (TPSA) is 54.9 Å². The number of hydrogen-bond donors (Lipinski definition) is 1. The van der Waals surface area contributed by atoms with Crippen molar-refractivity contribution in [2.45, 2.75) is 11.3 Å². The number of carbonyl (C=O) groups excluding carboxylic acids is 1. The average Bonchev–Trinajstić information content (AvgIpc) is 3.02. The lowest BCUT2D eigenvalue weighted by Crippen LogP contribution is -2.13. The Morgan fingerprint density at radius 1 is 1.25 bits per heavy atom. The van der Waals surface area contributed by atoms with Gasteiger partial charge in [-0.25, -0.2) is 4.98 Å². The Morgan fingerprint density at radius 2 is 2.08 bits per heavy atom. The van der Waals surface area contributed by atoms with E-state index in [1.807, 2.05) is 31.2 Å². The Labute approximate surface area is 153 Å². The van der Waals surface area contributed by atoms with Crippen molar-refractivity contribution in [1.29, 1.82) is 0 Å². The normalized spacial score (nSPS) is 10.6. The number of amides is 1. The highest BCUT2D eigenvalue weighted by Gasteiger charge is 2.11. The number of benzene rings is 2. The first-order valence-electron chi connectivity index (χ1n) is 7.20. The van der Waals surface area contributed by atoms with Crippen LogP contribution in [0.4, 0.5) is 5.69 Å². The maximum absolute atomic E-state index is 12.0. The van der Waals surface area contributed by atoms with Crippen LogP contribution in [-0.4, -0.2) is 21.0 Å². The van der Waals surface area contributed by atoms with Gasteiger partial charge in [-0.2, -0.15) is 4.37 Å². The third kappa shape index (κ3) is 4.35. The highest BCUT2D eigenvalue weighted by Crippen LogP contribution is 2.27. The number of hydrogen-bond acceptors (Lipinski definition) is 5. The van der Waals surface area contributed by atoms with Crippen molar-refractivity contribution in [1.82, 2.24) is 9.36 Å². The molecule has 0 spiro atoms. The van der Waals surface area contributed by atoms with Crippen molar-refractivity contribution in [2.75, 3.05) is 11.1 Å². The second kappa shape index (κ2) is 7.79. The van der Waals surface area contributed by atoms with Crippen molar-refractivity contribution in [2.24, 2.45) is 0 Å². The van der Waals surface area contributed by atoms with E-state index in [1.54, 1.807) is 24.3 Å². The van der Waals surface area contributed by atoms with Gasteiger partial charge in [0.05, 0.1) is 5.75 Å². The molecule has 1 amide bonds. The molecule has 0 fully saturated rings. The quantitative estimate of drug-likeness (QED) is 0.644. The van der Waals surface area contributed by atoms with E-state index in [1.165, 1.54) is 23.3 Å². The Kier molecular flexibility index (Phi) is 5.50. The zero-order chi connectivity index (χ0) is 16.9. The third-order valence-corrected chi connectivity index (χ3v) is 5.30. The number of anilines is 1. The number of rotatable bonds is 5. The number of aromatic nitrogens is 2. The van der Waals surface area contributed by atoms with Crippen LogP contribution in [-0.2, 0) is 4.79 Å². The molecule has 0 atom stereocenters. The standard InChI is InChI=1S/C17H14ClN3OS2/c1-11-5-2-3-8-14(11)16-20-17(24-21-16)23-10-15(22)19-13-7-4-6-12(18)9-13/h2-9H,10H2,1H3,(H,19,22). The molecule has 0 saturated heterocycles. The smallest absolute Gasteiger partial charge is 0.234 e. The van der Waals surface area contributed by atoms with Gasteiger partial charge in [-0.05, 0) is 42.2 Å². The highest BCUT2D eigenvalue weighted by atomic mass is 35.5. The van der Waals surface area contributed by atoms with E-state index in [2.05, 4.69) is 14.7 Å². The van der Waals surface area contributed by atoms with Gasteiger partial charge in [-0.1, -0.05) is 53.7 Å². The van der Waals surface area contributed by atoms with E-state index in [-0.39, 0.29) is 11.7 Å². The second-order valence-electron chi connectivity index (χ2n) is 5.05. The lowest BCUT2D eigenvalue weighted by Gasteiger charge is -2.04.